The molecule has 1 N–H and O–H groups in total. The van der Waals surface area contributed by atoms with Gasteiger partial charge in [0.1, 0.15) is 0 Å². The van der Waals surface area contributed by atoms with E-state index in [-0.39, 0.29) is 17.0 Å². The molecule has 0 aromatic heterocycles. The SMILES string of the molecule is CCC(NS(=O)(=O)c1ccc(Cl)cc1)C1c2cc(OC)c(OC)cc2CCN1Cc1ccc(C)cc1. The van der Waals surface area contributed by atoms with Gasteiger partial charge in [-0.15, -0.1) is 0 Å². The fourth-order valence-corrected chi connectivity index (χ4v) is 6.31. The summed E-state index contributed by atoms with van der Waals surface area (Å²) < 4.78 is 40.9. The van der Waals surface area contributed by atoms with Gasteiger partial charge in [-0.05, 0) is 72.9 Å². The van der Waals surface area contributed by atoms with Crippen LogP contribution in [0.2, 0.25) is 5.02 Å². The molecule has 0 fully saturated rings. The molecule has 0 radical (unpaired) electrons. The second-order valence-corrected chi connectivity index (χ2v) is 11.3. The van der Waals surface area contributed by atoms with Crippen molar-refractivity contribution in [3.63, 3.8) is 0 Å². The minimum Gasteiger partial charge on any atom is -0.493 e. The molecule has 0 bridgehead atoms. The van der Waals surface area contributed by atoms with Crippen molar-refractivity contribution < 1.29 is 17.9 Å². The lowest BCUT2D eigenvalue weighted by molar-refractivity contribution is 0.143. The van der Waals surface area contributed by atoms with Crippen LogP contribution in [0.5, 0.6) is 11.5 Å². The molecule has 192 valence electrons. The van der Waals surface area contributed by atoms with Crippen molar-refractivity contribution in [3.05, 3.63) is 87.9 Å². The lowest BCUT2D eigenvalue weighted by Crippen LogP contribution is -2.48. The van der Waals surface area contributed by atoms with Crippen LogP contribution in [-0.2, 0) is 23.0 Å². The summed E-state index contributed by atoms with van der Waals surface area (Å²) in [4.78, 5) is 2.55. The Balaban J connectivity index is 1.75. The first-order valence-electron chi connectivity index (χ1n) is 12.1. The lowest BCUT2D eigenvalue weighted by atomic mass is 9.86. The second kappa shape index (κ2) is 11.2. The van der Waals surface area contributed by atoms with Crippen molar-refractivity contribution in [2.24, 2.45) is 0 Å². The maximum atomic E-state index is 13.4. The topological polar surface area (TPSA) is 67.9 Å². The van der Waals surface area contributed by atoms with E-state index >= 15 is 0 Å². The molecule has 3 aromatic carbocycles. The Bertz CT molecular complexity index is 1290. The van der Waals surface area contributed by atoms with Gasteiger partial charge < -0.3 is 9.47 Å². The molecule has 8 heteroatoms. The van der Waals surface area contributed by atoms with Gasteiger partial charge in [0.25, 0.3) is 0 Å². The van der Waals surface area contributed by atoms with Gasteiger partial charge >= 0.3 is 0 Å². The first-order valence-corrected chi connectivity index (χ1v) is 13.9. The zero-order valence-corrected chi connectivity index (χ0v) is 22.7. The van der Waals surface area contributed by atoms with Gasteiger partial charge in [-0.1, -0.05) is 48.4 Å². The number of ether oxygens (including phenoxy) is 2. The summed E-state index contributed by atoms with van der Waals surface area (Å²) >= 11 is 5.99. The Morgan fingerprint density at radius 3 is 2.28 bits per heavy atom. The van der Waals surface area contributed by atoms with E-state index in [1.807, 2.05) is 19.1 Å². The average Bonchev–Trinajstić information content (AvgIpc) is 2.88. The molecule has 1 heterocycles. The van der Waals surface area contributed by atoms with E-state index in [9.17, 15) is 8.42 Å². The Hall–Kier alpha value is -2.58. The van der Waals surface area contributed by atoms with E-state index in [1.54, 1.807) is 26.4 Å². The summed E-state index contributed by atoms with van der Waals surface area (Å²) in [5.41, 5.74) is 4.59. The molecule has 0 saturated heterocycles. The third kappa shape index (κ3) is 5.70. The molecular formula is C28H33ClN2O4S. The standard InChI is InChI=1S/C28H33ClN2O4S/c1-5-25(30-36(32,33)23-12-10-22(29)11-13-23)28-24-17-27(35-4)26(34-3)16-21(24)14-15-31(28)18-20-8-6-19(2)7-9-20/h6-13,16-17,25,28,30H,5,14-15,18H2,1-4H3. The molecular weight excluding hydrogens is 496 g/mol. The van der Waals surface area contributed by atoms with E-state index < -0.39 is 10.0 Å². The number of aryl methyl sites for hydroxylation is 1. The van der Waals surface area contributed by atoms with Gasteiger partial charge in [0.2, 0.25) is 10.0 Å². The van der Waals surface area contributed by atoms with Crippen LogP contribution in [0.25, 0.3) is 0 Å². The van der Waals surface area contributed by atoms with Crippen LogP contribution in [0.15, 0.2) is 65.6 Å². The highest BCUT2D eigenvalue weighted by atomic mass is 35.5. The summed E-state index contributed by atoms with van der Waals surface area (Å²) in [6.45, 7) is 5.58. The Kier molecular flexibility index (Phi) is 8.25. The number of fused-ring (bicyclic) bond motifs is 1. The molecule has 2 atom stereocenters. The van der Waals surface area contributed by atoms with Crippen LogP contribution < -0.4 is 14.2 Å². The lowest BCUT2D eigenvalue weighted by Gasteiger charge is -2.42. The zero-order valence-electron chi connectivity index (χ0n) is 21.1. The van der Waals surface area contributed by atoms with E-state index in [0.717, 1.165) is 24.1 Å². The van der Waals surface area contributed by atoms with E-state index in [2.05, 4.69) is 40.8 Å². The molecule has 6 nitrogen and oxygen atoms in total. The number of benzene rings is 3. The van der Waals surface area contributed by atoms with Gasteiger partial charge in [-0.2, -0.15) is 0 Å². The van der Waals surface area contributed by atoms with Crippen LogP contribution in [0.4, 0.5) is 0 Å². The smallest absolute Gasteiger partial charge is 0.240 e. The monoisotopic (exact) mass is 528 g/mol. The summed E-state index contributed by atoms with van der Waals surface area (Å²) in [5, 5.41) is 0.493. The summed E-state index contributed by atoms with van der Waals surface area (Å²) in [5.74, 6) is 1.31. The third-order valence-electron chi connectivity index (χ3n) is 6.78. The third-order valence-corrected chi connectivity index (χ3v) is 8.54. The molecule has 0 saturated carbocycles. The number of rotatable bonds is 9. The summed E-state index contributed by atoms with van der Waals surface area (Å²) in [6.07, 6.45) is 1.44. The molecule has 4 rings (SSSR count). The van der Waals surface area contributed by atoms with E-state index in [1.165, 1.54) is 23.3 Å². The molecule has 0 aliphatic carbocycles. The minimum absolute atomic E-state index is 0.193. The predicted molar refractivity (Wildman–Crippen MR) is 143 cm³/mol. The van der Waals surface area contributed by atoms with Gasteiger partial charge in [0, 0.05) is 24.2 Å². The van der Waals surface area contributed by atoms with Crippen LogP contribution in [-0.4, -0.2) is 40.1 Å². The summed E-state index contributed by atoms with van der Waals surface area (Å²) in [6, 6.07) is 18.2. The van der Waals surface area contributed by atoms with E-state index in [4.69, 9.17) is 21.1 Å². The normalized spacial score (nSPS) is 16.9. The van der Waals surface area contributed by atoms with Gasteiger partial charge in [0.05, 0.1) is 25.2 Å². The van der Waals surface area contributed by atoms with Crippen LogP contribution in [0.3, 0.4) is 0 Å². The number of halogens is 1. The average molecular weight is 529 g/mol. The zero-order chi connectivity index (χ0) is 25.9. The molecule has 1 aliphatic heterocycles. The Morgan fingerprint density at radius 1 is 1.03 bits per heavy atom. The largest absolute Gasteiger partial charge is 0.493 e. The quantitative estimate of drug-likeness (QED) is 0.396. The Labute approximate surface area is 219 Å². The second-order valence-electron chi connectivity index (χ2n) is 9.15. The number of hydrogen-bond donors (Lipinski definition) is 1. The molecule has 36 heavy (non-hydrogen) atoms. The van der Waals surface area contributed by atoms with Crippen molar-refractivity contribution >= 4 is 21.6 Å². The van der Waals surface area contributed by atoms with Gasteiger partial charge in [-0.25, -0.2) is 13.1 Å². The maximum Gasteiger partial charge on any atom is 0.240 e. The number of nitrogens with zero attached hydrogens (tertiary/aromatic N) is 1. The first-order chi connectivity index (χ1) is 17.2. The van der Waals surface area contributed by atoms with Gasteiger partial charge in [-0.3, -0.25) is 4.90 Å². The van der Waals surface area contributed by atoms with Crippen LogP contribution in [0.1, 0.15) is 41.6 Å². The number of hydrogen-bond acceptors (Lipinski definition) is 5. The fraction of sp³-hybridized carbons (Fsp3) is 0.357. The molecule has 0 spiro atoms. The van der Waals surface area contributed by atoms with Crippen LogP contribution in [0, 0.1) is 6.92 Å². The van der Waals surface area contributed by atoms with Crippen molar-refractivity contribution in [1.82, 2.24) is 9.62 Å². The molecule has 1 aliphatic rings. The molecule has 2 unspecified atom stereocenters. The van der Waals surface area contributed by atoms with Crippen molar-refractivity contribution in [2.75, 3.05) is 20.8 Å². The molecule has 3 aromatic rings. The van der Waals surface area contributed by atoms with E-state index in [0.29, 0.717) is 29.5 Å². The number of methoxy groups -OCH3 is 2. The minimum atomic E-state index is -3.76. The predicted octanol–water partition coefficient (Wildman–Crippen LogP) is 5.52. The molecule has 0 amide bonds. The highest BCUT2D eigenvalue weighted by Gasteiger charge is 2.36. The van der Waals surface area contributed by atoms with Crippen molar-refractivity contribution in [1.29, 1.82) is 0 Å². The number of nitrogens with one attached hydrogen (secondary N) is 1. The van der Waals surface area contributed by atoms with Crippen LogP contribution >= 0.6 is 11.6 Å². The number of sulfonamides is 1. The first kappa shape index (κ1) is 26.5. The van der Waals surface area contributed by atoms with Gasteiger partial charge in [0.15, 0.2) is 11.5 Å². The van der Waals surface area contributed by atoms with Crippen molar-refractivity contribution in [2.45, 2.75) is 50.2 Å². The summed E-state index contributed by atoms with van der Waals surface area (Å²) in [7, 11) is -0.516. The highest BCUT2D eigenvalue weighted by Crippen LogP contribution is 2.41. The van der Waals surface area contributed by atoms with Crippen molar-refractivity contribution in [3.8, 4) is 11.5 Å². The fourth-order valence-electron chi connectivity index (χ4n) is 4.86. The Morgan fingerprint density at radius 2 is 1.67 bits per heavy atom. The highest BCUT2D eigenvalue weighted by molar-refractivity contribution is 7.89. The maximum absolute atomic E-state index is 13.4.